The van der Waals surface area contributed by atoms with Crippen LogP contribution >= 0.6 is 0 Å². The molecule has 3 heteroatoms. The van der Waals surface area contributed by atoms with Gasteiger partial charge in [0.1, 0.15) is 0 Å². The Labute approximate surface area is 103 Å². The predicted molar refractivity (Wildman–Crippen MR) is 70.5 cm³/mol. The lowest BCUT2D eigenvalue weighted by molar-refractivity contribution is 0.408. The summed E-state index contributed by atoms with van der Waals surface area (Å²) >= 11 is 0. The summed E-state index contributed by atoms with van der Waals surface area (Å²) < 4.78 is 1.95. The molecule has 17 heavy (non-hydrogen) atoms. The van der Waals surface area contributed by atoms with E-state index in [1.165, 1.54) is 17.7 Å². The Kier molecular flexibility index (Phi) is 3.38. The summed E-state index contributed by atoms with van der Waals surface area (Å²) in [6.45, 7) is 8.06. The van der Waals surface area contributed by atoms with Crippen molar-refractivity contribution in [1.29, 1.82) is 0 Å². The summed E-state index contributed by atoms with van der Waals surface area (Å²) in [6.07, 6.45) is 3.37. The first-order valence-corrected chi connectivity index (χ1v) is 6.44. The van der Waals surface area contributed by atoms with Crippen molar-refractivity contribution < 1.29 is 0 Å². The average molecular weight is 234 g/mol. The number of rotatable bonds is 3. The third-order valence-electron chi connectivity index (χ3n) is 3.24. The van der Waals surface area contributed by atoms with Gasteiger partial charge in [0, 0.05) is 30.4 Å². The van der Waals surface area contributed by atoms with Crippen molar-refractivity contribution in [2.45, 2.75) is 52.1 Å². The molecule has 1 aliphatic carbocycles. The number of hydrogen-bond acceptors (Lipinski definition) is 2. The molecule has 2 rings (SSSR count). The molecule has 0 amide bonds. The Bertz CT molecular complexity index is 454. The summed E-state index contributed by atoms with van der Waals surface area (Å²) in [5.41, 5.74) is 2.87. The van der Waals surface area contributed by atoms with Crippen LogP contribution in [0.25, 0.3) is 0 Å². The minimum Gasteiger partial charge on any atom is -0.311 e. The highest BCUT2D eigenvalue weighted by Gasteiger charge is 2.16. The van der Waals surface area contributed by atoms with Gasteiger partial charge in [0.05, 0.1) is 0 Å². The second-order valence-electron chi connectivity index (χ2n) is 5.83. The van der Waals surface area contributed by atoms with E-state index in [4.69, 9.17) is 0 Å². The van der Waals surface area contributed by atoms with Crippen molar-refractivity contribution in [2.24, 2.45) is 0 Å². The number of pyridine rings is 1. The van der Waals surface area contributed by atoms with Gasteiger partial charge in [-0.25, -0.2) is 0 Å². The number of hydrogen-bond donors (Lipinski definition) is 1. The van der Waals surface area contributed by atoms with Crippen LogP contribution in [0.1, 0.15) is 38.4 Å². The van der Waals surface area contributed by atoms with Crippen LogP contribution in [0.5, 0.6) is 0 Å². The Morgan fingerprint density at radius 1 is 1.29 bits per heavy atom. The van der Waals surface area contributed by atoms with Crippen LogP contribution < -0.4 is 10.9 Å². The maximum Gasteiger partial charge on any atom is 0.250 e. The molecule has 1 heterocycles. The zero-order chi connectivity index (χ0) is 12.5. The maximum atomic E-state index is 11.9. The fraction of sp³-hybridized carbons (Fsp3) is 0.643. The summed E-state index contributed by atoms with van der Waals surface area (Å²) in [7, 11) is 0. The smallest absolute Gasteiger partial charge is 0.250 e. The Morgan fingerprint density at radius 2 is 2.06 bits per heavy atom. The van der Waals surface area contributed by atoms with Crippen LogP contribution in [-0.2, 0) is 19.4 Å². The van der Waals surface area contributed by atoms with Crippen LogP contribution in [0, 0.1) is 0 Å². The molecule has 3 nitrogen and oxygen atoms in total. The third kappa shape index (κ3) is 2.97. The van der Waals surface area contributed by atoms with Crippen molar-refractivity contribution in [3.05, 3.63) is 33.7 Å². The molecule has 0 unspecified atom stereocenters. The van der Waals surface area contributed by atoms with Gasteiger partial charge < -0.3 is 9.88 Å². The first kappa shape index (κ1) is 12.4. The second-order valence-corrected chi connectivity index (χ2v) is 5.83. The Balaban J connectivity index is 2.11. The summed E-state index contributed by atoms with van der Waals surface area (Å²) in [5.74, 6) is 0. The van der Waals surface area contributed by atoms with Crippen LogP contribution in [0.2, 0.25) is 0 Å². The van der Waals surface area contributed by atoms with Gasteiger partial charge in [0.25, 0.3) is 5.56 Å². The lowest BCUT2D eigenvalue weighted by atomic mass is 10.1. The van der Waals surface area contributed by atoms with Crippen LogP contribution in [0.3, 0.4) is 0 Å². The number of aryl methyl sites for hydroxylation is 1. The fourth-order valence-electron chi connectivity index (χ4n) is 2.42. The minimum absolute atomic E-state index is 0.113. The van der Waals surface area contributed by atoms with Gasteiger partial charge in [-0.3, -0.25) is 4.79 Å². The van der Waals surface area contributed by atoms with E-state index in [1.54, 1.807) is 6.07 Å². The van der Waals surface area contributed by atoms with Crippen molar-refractivity contribution in [2.75, 3.05) is 6.54 Å². The van der Waals surface area contributed by atoms with E-state index in [1.807, 2.05) is 10.6 Å². The van der Waals surface area contributed by atoms with Gasteiger partial charge in [-0.1, -0.05) is 6.07 Å². The summed E-state index contributed by atoms with van der Waals surface area (Å²) in [6, 6.07) is 3.71. The standard InChI is InChI=1S/C14H22N2O/c1-14(2,3)15-9-10-16-12-6-4-5-11(12)7-8-13(16)17/h7-8,15H,4-6,9-10H2,1-3H3. The topological polar surface area (TPSA) is 34.0 Å². The van der Waals surface area contributed by atoms with E-state index in [-0.39, 0.29) is 11.1 Å². The number of nitrogens with zero attached hydrogens (tertiary/aromatic N) is 1. The molecule has 0 spiro atoms. The highest BCUT2D eigenvalue weighted by molar-refractivity contribution is 5.25. The number of fused-ring (bicyclic) bond motifs is 1. The lowest BCUT2D eigenvalue weighted by Crippen LogP contribution is -2.39. The molecule has 0 saturated carbocycles. The van der Waals surface area contributed by atoms with E-state index in [0.717, 1.165) is 25.9 Å². The lowest BCUT2D eigenvalue weighted by Gasteiger charge is -2.21. The monoisotopic (exact) mass is 234 g/mol. The van der Waals surface area contributed by atoms with Gasteiger partial charge in [-0.05, 0) is 45.6 Å². The molecule has 0 atom stereocenters. The van der Waals surface area contributed by atoms with E-state index in [9.17, 15) is 4.79 Å². The molecule has 0 aromatic carbocycles. The highest BCUT2D eigenvalue weighted by Crippen LogP contribution is 2.19. The van der Waals surface area contributed by atoms with Gasteiger partial charge in [-0.15, -0.1) is 0 Å². The van der Waals surface area contributed by atoms with Crippen molar-refractivity contribution in [1.82, 2.24) is 9.88 Å². The maximum absolute atomic E-state index is 11.9. The quantitative estimate of drug-likeness (QED) is 0.864. The molecular weight excluding hydrogens is 212 g/mol. The molecule has 0 bridgehead atoms. The molecule has 0 radical (unpaired) electrons. The van der Waals surface area contributed by atoms with Crippen LogP contribution in [0.15, 0.2) is 16.9 Å². The highest BCUT2D eigenvalue weighted by atomic mass is 16.1. The SMILES string of the molecule is CC(C)(C)NCCn1c2c(ccc1=O)CCC2. The molecule has 94 valence electrons. The Hall–Kier alpha value is -1.09. The van der Waals surface area contributed by atoms with Crippen molar-refractivity contribution in [3.63, 3.8) is 0 Å². The molecule has 1 aromatic rings. The minimum atomic E-state index is 0.113. The fourth-order valence-corrected chi connectivity index (χ4v) is 2.42. The average Bonchev–Trinajstić information content (AvgIpc) is 2.67. The number of aromatic nitrogens is 1. The first-order chi connectivity index (χ1) is 7.97. The molecule has 0 aliphatic heterocycles. The van der Waals surface area contributed by atoms with Crippen LogP contribution in [-0.4, -0.2) is 16.7 Å². The molecule has 0 fully saturated rings. The Morgan fingerprint density at radius 3 is 2.76 bits per heavy atom. The van der Waals surface area contributed by atoms with Gasteiger partial charge in [-0.2, -0.15) is 0 Å². The molecule has 0 saturated heterocycles. The van der Waals surface area contributed by atoms with Gasteiger partial charge >= 0.3 is 0 Å². The van der Waals surface area contributed by atoms with E-state index < -0.39 is 0 Å². The molecule has 1 aliphatic rings. The normalized spacial score (nSPS) is 15.0. The predicted octanol–water partition coefficient (Wildman–Crippen LogP) is 1.73. The number of nitrogens with one attached hydrogen (secondary N) is 1. The van der Waals surface area contributed by atoms with Gasteiger partial charge in [0.15, 0.2) is 0 Å². The first-order valence-electron chi connectivity index (χ1n) is 6.44. The zero-order valence-corrected chi connectivity index (χ0v) is 11.0. The summed E-state index contributed by atoms with van der Waals surface area (Å²) in [5, 5.41) is 3.43. The van der Waals surface area contributed by atoms with Crippen molar-refractivity contribution >= 4 is 0 Å². The van der Waals surface area contributed by atoms with Crippen LogP contribution in [0.4, 0.5) is 0 Å². The van der Waals surface area contributed by atoms with Gasteiger partial charge in [0.2, 0.25) is 0 Å². The van der Waals surface area contributed by atoms with E-state index in [0.29, 0.717) is 0 Å². The third-order valence-corrected chi connectivity index (χ3v) is 3.24. The molecular formula is C14H22N2O. The van der Waals surface area contributed by atoms with E-state index in [2.05, 4.69) is 26.1 Å². The zero-order valence-electron chi connectivity index (χ0n) is 11.0. The molecule has 1 N–H and O–H groups in total. The molecule has 1 aromatic heterocycles. The van der Waals surface area contributed by atoms with Crippen molar-refractivity contribution in [3.8, 4) is 0 Å². The largest absolute Gasteiger partial charge is 0.311 e. The summed E-state index contributed by atoms with van der Waals surface area (Å²) in [4.78, 5) is 11.9. The second kappa shape index (κ2) is 4.65. The van der Waals surface area contributed by atoms with E-state index >= 15 is 0 Å².